The Labute approximate surface area is 115 Å². The third kappa shape index (κ3) is 2.97. The molecular formula is C15H11FN4. The van der Waals surface area contributed by atoms with E-state index in [1.54, 1.807) is 24.3 Å². The molecule has 0 saturated heterocycles. The second kappa shape index (κ2) is 5.92. The van der Waals surface area contributed by atoms with Crippen molar-refractivity contribution in [1.29, 1.82) is 10.5 Å². The minimum Gasteiger partial charge on any atom is -0.316 e. The molecule has 0 aliphatic carbocycles. The molecule has 4 nitrogen and oxygen atoms in total. The summed E-state index contributed by atoms with van der Waals surface area (Å²) < 4.78 is 13.9. The van der Waals surface area contributed by atoms with Crippen LogP contribution in [0, 0.1) is 28.5 Å². The quantitative estimate of drug-likeness (QED) is 0.922. The first kappa shape index (κ1) is 13.7. The second-order valence-corrected chi connectivity index (χ2v) is 4.28. The standard InChI is InChI=1S/C15H11FN4/c16-14-5-12(9-20-15(14)6-13(19)8-18)11-3-1-10(7-17)2-4-11/h1-5,9,13H,6,19H2. The Balaban J connectivity index is 2.28. The van der Waals surface area contributed by atoms with Gasteiger partial charge in [0, 0.05) is 18.2 Å². The number of halogens is 1. The van der Waals surface area contributed by atoms with Crippen molar-refractivity contribution in [2.75, 3.05) is 0 Å². The monoisotopic (exact) mass is 266 g/mol. The molecule has 0 bridgehead atoms. The fourth-order valence-corrected chi connectivity index (χ4v) is 1.77. The summed E-state index contributed by atoms with van der Waals surface area (Å²) >= 11 is 0. The van der Waals surface area contributed by atoms with E-state index in [0.717, 1.165) is 5.56 Å². The normalized spacial score (nSPS) is 11.4. The summed E-state index contributed by atoms with van der Waals surface area (Å²) in [5.41, 5.74) is 7.56. The molecule has 2 aromatic rings. The molecule has 5 heteroatoms. The van der Waals surface area contributed by atoms with Crippen molar-refractivity contribution in [2.24, 2.45) is 5.73 Å². The largest absolute Gasteiger partial charge is 0.316 e. The number of pyridine rings is 1. The number of nitrogens with two attached hydrogens (primary N) is 1. The van der Waals surface area contributed by atoms with E-state index in [1.807, 2.05) is 12.1 Å². The molecule has 98 valence electrons. The number of benzene rings is 1. The Hall–Kier alpha value is -2.76. The van der Waals surface area contributed by atoms with Gasteiger partial charge in [0.25, 0.3) is 0 Å². The van der Waals surface area contributed by atoms with Gasteiger partial charge in [-0.3, -0.25) is 4.98 Å². The van der Waals surface area contributed by atoms with Gasteiger partial charge in [-0.1, -0.05) is 12.1 Å². The smallest absolute Gasteiger partial charge is 0.145 e. The molecule has 0 saturated carbocycles. The molecule has 2 N–H and O–H groups in total. The van der Waals surface area contributed by atoms with Crippen LogP contribution >= 0.6 is 0 Å². The highest BCUT2D eigenvalue weighted by Gasteiger charge is 2.10. The topological polar surface area (TPSA) is 86.5 Å². The predicted molar refractivity (Wildman–Crippen MR) is 71.6 cm³/mol. The number of hydrogen-bond donors (Lipinski definition) is 1. The van der Waals surface area contributed by atoms with Crippen molar-refractivity contribution in [1.82, 2.24) is 4.98 Å². The number of hydrogen-bond acceptors (Lipinski definition) is 4. The average molecular weight is 266 g/mol. The molecule has 0 spiro atoms. The molecule has 1 aromatic heterocycles. The lowest BCUT2D eigenvalue weighted by atomic mass is 10.0. The molecule has 2 rings (SSSR count). The molecule has 0 amide bonds. The van der Waals surface area contributed by atoms with E-state index in [-0.39, 0.29) is 12.1 Å². The van der Waals surface area contributed by atoms with Gasteiger partial charge in [-0.05, 0) is 23.8 Å². The van der Waals surface area contributed by atoms with Crippen molar-refractivity contribution >= 4 is 0 Å². The third-order valence-electron chi connectivity index (χ3n) is 2.84. The highest BCUT2D eigenvalue weighted by atomic mass is 19.1. The zero-order valence-electron chi connectivity index (χ0n) is 10.5. The predicted octanol–water partition coefficient (Wildman–Crippen LogP) is 2.15. The van der Waals surface area contributed by atoms with E-state index in [2.05, 4.69) is 4.98 Å². The van der Waals surface area contributed by atoms with E-state index in [9.17, 15) is 4.39 Å². The first-order chi connectivity index (χ1) is 9.63. The zero-order valence-corrected chi connectivity index (χ0v) is 10.5. The summed E-state index contributed by atoms with van der Waals surface area (Å²) in [5, 5.41) is 17.3. The fourth-order valence-electron chi connectivity index (χ4n) is 1.77. The number of rotatable bonds is 3. The van der Waals surface area contributed by atoms with Crippen LogP contribution in [0.5, 0.6) is 0 Å². The lowest BCUT2D eigenvalue weighted by Gasteiger charge is -2.06. The van der Waals surface area contributed by atoms with Gasteiger partial charge in [-0.25, -0.2) is 4.39 Å². The van der Waals surface area contributed by atoms with Crippen LogP contribution in [0.2, 0.25) is 0 Å². The van der Waals surface area contributed by atoms with Crippen molar-refractivity contribution in [3.63, 3.8) is 0 Å². The maximum atomic E-state index is 13.9. The van der Waals surface area contributed by atoms with Gasteiger partial charge < -0.3 is 5.73 Å². The van der Waals surface area contributed by atoms with Gasteiger partial charge in [0.1, 0.15) is 5.82 Å². The van der Waals surface area contributed by atoms with E-state index in [0.29, 0.717) is 11.1 Å². The average Bonchev–Trinajstić information content (AvgIpc) is 2.49. The van der Waals surface area contributed by atoms with Gasteiger partial charge in [0.15, 0.2) is 0 Å². The molecule has 0 fully saturated rings. The Morgan fingerprint density at radius 2 is 1.90 bits per heavy atom. The highest BCUT2D eigenvalue weighted by Crippen LogP contribution is 2.21. The first-order valence-electron chi connectivity index (χ1n) is 5.94. The van der Waals surface area contributed by atoms with E-state index in [4.69, 9.17) is 16.3 Å². The minimum absolute atomic E-state index is 0.0793. The lowest BCUT2D eigenvalue weighted by molar-refractivity contribution is 0.592. The molecule has 20 heavy (non-hydrogen) atoms. The van der Waals surface area contributed by atoms with Crippen LogP contribution in [0.4, 0.5) is 4.39 Å². The number of aromatic nitrogens is 1. The number of nitrogens with zero attached hydrogens (tertiary/aromatic N) is 3. The zero-order chi connectivity index (χ0) is 14.5. The lowest BCUT2D eigenvalue weighted by Crippen LogP contribution is -2.21. The van der Waals surface area contributed by atoms with Crippen LogP contribution in [0.15, 0.2) is 36.5 Å². The highest BCUT2D eigenvalue weighted by molar-refractivity contribution is 5.63. The summed E-state index contributed by atoms with van der Waals surface area (Å²) in [6.45, 7) is 0. The molecule has 1 heterocycles. The van der Waals surface area contributed by atoms with Crippen molar-refractivity contribution in [3.05, 3.63) is 53.6 Å². The number of nitriles is 2. The molecule has 0 aliphatic heterocycles. The summed E-state index contributed by atoms with van der Waals surface area (Å²) in [6.07, 6.45) is 1.61. The van der Waals surface area contributed by atoms with Crippen molar-refractivity contribution in [2.45, 2.75) is 12.5 Å². The van der Waals surface area contributed by atoms with Gasteiger partial charge in [0.2, 0.25) is 0 Å². The van der Waals surface area contributed by atoms with Gasteiger partial charge in [-0.15, -0.1) is 0 Å². The summed E-state index contributed by atoms with van der Waals surface area (Å²) in [4.78, 5) is 4.01. The molecule has 1 atom stereocenters. The SMILES string of the molecule is N#Cc1ccc(-c2cnc(CC(N)C#N)c(F)c2)cc1. The Bertz CT molecular complexity index is 695. The minimum atomic E-state index is -0.766. The molecule has 1 unspecified atom stereocenters. The molecular weight excluding hydrogens is 255 g/mol. The van der Waals surface area contributed by atoms with Crippen molar-refractivity contribution in [3.8, 4) is 23.3 Å². The molecule has 0 aliphatic rings. The Kier molecular flexibility index (Phi) is 4.05. The Morgan fingerprint density at radius 1 is 1.20 bits per heavy atom. The Morgan fingerprint density at radius 3 is 2.45 bits per heavy atom. The maximum Gasteiger partial charge on any atom is 0.145 e. The van der Waals surface area contributed by atoms with Crippen LogP contribution in [0.1, 0.15) is 11.3 Å². The second-order valence-electron chi connectivity index (χ2n) is 4.28. The summed E-state index contributed by atoms with van der Waals surface area (Å²) in [6, 6.07) is 11.2. The van der Waals surface area contributed by atoms with Crippen molar-refractivity contribution < 1.29 is 4.39 Å². The fraction of sp³-hybridized carbons (Fsp3) is 0.133. The molecule has 1 aromatic carbocycles. The van der Waals surface area contributed by atoms with E-state index >= 15 is 0 Å². The first-order valence-corrected chi connectivity index (χ1v) is 5.94. The summed E-state index contributed by atoms with van der Waals surface area (Å²) in [5.74, 6) is -0.488. The van der Waals surface area contributed by atoms with Crippen LogP contribution in [-0.2, 0) is 6.42 Å². The van der Waals surface area contributed by atoms with E-state index < -0.39 is 11.9 Å². The van der Waals surface area contributed by atoms with Crippen LogP contribution in [0.3, 0.4) is 0 Å². The van der Waals surface area contributed by atoms with E-state index in [1.165, 1.54) is 12.3 Å². The van der Waals surface area contributed by atoms with Gasteiger partial charge in [0.05, 0.1) is 29.4 Å². The van der Waals surface area contributed by atoms with Gasteiger partial charge in [-0.2, -0.15) is 10.5 Å². The van der Waals surface area contributed by atoms with Crippen LogP contribution < -0.4 is 5.73 Å². The molecule has 0 radical (unpaired) electrons. The third-order valence-corrected chi connectivity index (χ3v) is 2.84. The van der Waals surface area contributed by atoms with Crippen LogP contribution in [-0.4, -0.2) is 11.0 Å². The van der Waals surface area contributed by atoms with Crippen LogP contribution in [0.25, 0.3) is 11.1 Å². The maximum absolute atomic E-state index is 13.9. The van der Waals surface area contributed by atoms with Gasteiger partial charge >= 0.3 is 0 Å². The summed E-state index contributed by atoms with van der Waals surface area (Å²) in [7, 11) is 0.